The van der Waals surface area contributed by atoms with Crippen LogP contribution in [0.25, 0.3) is 0 Å². The van der Waals surface area contributed by atoms with E-state index in [-0.39, 0.29) is 18.9 Å². The lowest BCUT2D eigenvalue weighted by Gasteiger charge is -2.16. The molecule has 0 aliphatic rings. The summed E-state index contributed by atoms with van der Waals surface area (Å²) in [5.41, 5.74) is 6.60. The third-order valence-corrected chi connectivity index (χ3v) is 3.73. The maximum absolute atomic E-state index is 12.0. The average molecular weight is 360 g/mol. The third-order valence-electron chi connectivity index (χ3n) is 3.48. The third kappa shape index (κ3) is 5.93. The molecule has 6 nitrogen and oxygen atoms in total. The lowest BCUT2D eigenvalue weighted by Crippen LogP contribution is -2.49. The number of carbonyl (C=O) groups excluding carboxylic acids is 3. The van der Waals surface area contributed by atoms with Gasteiger partial charge < -0.3 is 16.4 Å². The van der Waals surface area contributed by atoms with Crippen LogP contribution in [-0.4, -0.2) is 30.3 Å². The molecule has 2 aromatic carbocycles. The van der Waals surface area contributed by atoms with E-state index in [0.717, 1.165) is 5.56 Å². The molecular weight excluding hydrogens is 342 g/mol. The van der Waals surface area contributed by atoms with Crippen molar-refractivity contribution in [1.82, 2.24) is 10.6 Å². The Kier molecular flexibility index (Phi) is 6.54. The summed E-state index contributed by atoms with van der Waals surface area (Å²) >= 11 is 5.81. The highest BCUT2D eigenvalue weighted by Gasteiger charge is 2.19. The molecule has 0 spiro atoms. The maximum Gasteiger partial charge on any atom is 0.251 e. The summed E-state index contributed by atoms with van der Waals surface area (Å²) in [6.45, 7) is -0.252. The zero-order valence-electron chi connectivity index (χ0n) is 13.4. The fourth-order valence-electron chi connectivity index (χ4n) is 2.18. The molecule has 0 saturated heterocycles. The number of hydrogen-bond acceptors (Lipinski definition) is 3. The van der Waals surface area contributed by atoms with E-state index < -0.39 is 17.9 Å². The Labute approximate surface area is 150 Å². The number of primary amides is 1. The summed E-state index contributed by atoms with van der Waals surface area (Å²) < 4.78 is 0. The van der Waals surface area contributed by atoms with Crippen molar-refractivity contribution in [3.8, 4) is 0 Å². The Morgan fingerprint density at radius 1 is 1.00 bits per heavy atom. The smallest absolute Gasteiger partial charge is 0.251 e. The zero-order chi connectivity index (χ0) is 18.2. The largest absolute Gasteiger partial charge is 0.368 e. The van der Waals surface area contributed by atoms with E-state index in [4.69, 9.17) is 17.3 Å². The van der Waals surface area contributed by atoms with Crippen LogP contribution in [0.5, 0.6) is 0 Å². The van der Waals surface area contributed by atoms with Crippen LogP contribution in [0.15, 0.2) is 54.6 Å². The summed E-state index contributed by atoms with van der Waals surface area (Å²) in [5.74, 6) is -1.52. The average Bonchev–Trinajstić information content (AvgIpc) is 2.61. The molecule has 0 unspecified atom stereocenters. The number of benzene rings is 2. The van der Waals surface area contributed by atoms with Crippen molar-refractivity contribution < 1.29 is 14.4 Å². The molecule has 0 heterocycles. The van der Waals surface area contributed by atoms with Gasteiger partial charge in [0.25, 0.3) is 5.91 Å². The number of rotatable bonds is 7. The molecule has 130 valence electrons. The summed E-state index contributed by atoms with van der Waals surface area (Å²) in [4.78, 5) is 35.4. The lowest BCUT2D eigenvalue weighted by molar-refractivity contribution is -0.126. The van der Waals surface area contributed by atoms with E-state index >= 15 is 0 Å². The molecule has 0 saturated carbocycles. The standard InChI is InChI=1S/C18H18ClN3O3/c19-14-8-6-12(7-9-14)10-15(17(20)24)22-16(23)11-21-18(25)13-4-2-1-3-5-13/h1-9,15H,10-11H2,(H2,20,24)(H,21,25)(H,22,23)/t15-/m1/s1. The normalized spacial score (nSPS) is 11.4. The highest BCUT2D eigenvalue weighted by molar-refractivity contribution is 6.30. The van der Waals surface area contributed by atoms with Crippen molar-refractivity contribution >= 4 is 29.3 Å². The maximum atomic E-state index is 12.0. The van der Waals surface area contributed by atoms with Crippen LogP contribution in [0, 0.1) is 0 Å². The summed E-state index contributed by atoms with van der Waals surface area (Å²) in [5, 5.41) is 5.59. The van der Waals surface area contributed by atoms with Crippen LogP contribution in [0.2, 0.25) is 5.02 Å². The van der Waals surface area contributed by atoms with E-state index in [2.05, 4.69) is 10.6 Å². The van der Waals surface area contributed by atoms with Crippen LogP contribution < -0.4 is 16.4 Å². The molecule has 2 aromatic rings. The molecule has 0 aromatic heterocycles. The van der Waals surface area contributed by atoms with Crippen molar-refractivity contribution in [2.75, 3.05) is 6.54 Å². The Hall–Kier alpha value is -2.86. The van der Waals surface area contributed by atoms with Gasteiger partial charge in [-0.15, -0.1) is 0 Å². The van der Waals surface area contributed by atoms with Gasteiger partial charge in [-0.3, -0.25) is 14.4 Å². The van der Waals surface area contributed by atoms with E-state index in [0.29, 0.717) is 10.6 Å². The second kappa shape index (κ2) is 8.84. The Morgan fingerprint density at radius 3 is 2.24 bits per heavy atom. The predicted molar refractivity (Wildman–Crippen MR) is 95.1 cm³/mol. The first-order valence-electron chi connectivity index (χ1n) is 7.62. The Bertz CT molecular complexity index is 748. The Balaban J connectivity index is 1.88. The fourth-order valence-corrected chi connectivity index (χ4v) is 2.30. The van der Waals surface area contributed by atoms with Gasteiger partial charge in [-0.1, -0.05) is 41.9 Å². The van der Waals surface area contributed by atoms with Crippen LogP contribution >= 0.6 is 11.6 Å². The molecule has 0 bridgehead atoms. The van der Waals surface area contributed by atoms with Gasteiger partial charge in [-0.05, 0) is 29.8 Å². The molecule has 0 fully saturated rings. The first kappa shape index (κ1) is 18.5. The first-order chi connectivity index (χ1) is 12.0. The molecule has 2 rings (SSSR count). The number of halogens is 1. The topological polar surface area (TPSA) is 101 Å². The Morgan fingerprint density at radius 2 is 1.64 bits per heavy atom. The van der Waals surface area contributed by atoms with Gasteiger partial charge in [0.05, 0.1) is 6.54 Å². The number of amides is 3. The molecule has 3 amide bonds. The van der Waals surface area contributed by atoms with Gasteiger partial charge in [0.1, 0.15) is 6.04 Å². The van der Waals surface area contributed by atoms with Gasteiger partial charge in [0.2, 0.25) is 11.8 Å². The minimum Gasteiger partial charge on any atom is -0.368 e. The number of hydrogen-bond donors (Lipinski definition) is 3. The SMILES string of the molecule is NC(=O)[C@@H](Cc1ccc(Cl)cc1)NC(=O)CNC(=O)c1ccccc1. The van der Waals surface area contributed by atoms with Gasteiger partial charge in [0.15, 0.2) is 0 Å². The molecule has 25 heavy (non-hydrogen) atoms. The summed E-state index contributed by atoms with van der Waals surface area (Å²) in [6, 6.07) is 14.5. The van der Waals surface area contributed by atoms with Crippen molar-refractivity contribution in [2.24, 2.45) is 5.73 Å². The number of carbonyl (C=O) groups is 3. The predicted octanol–water partition coefficient (Wildman–Crippen LogP) is 1.28. The highest BCUT2D eigenvalue weighted by Crippen LogP contribution is 2.11. The van der Waals surface area contributed by atoms with Crippen LogP contribution in [0.3, 0.4) is 0 Å². The molecule has 7 heteroatoms. The lowest BCUT2D eigenvalue weighted by atomic mass is 10.1. The van der Waals surface area contributed by atoms with Crippen LogP contribution in [0.4, 0.5) is 0 Å². The fraction of sp³-hybridized carbons (Fsp3) is 0.167. The van der Waals surface area contributed by atoms with E-state index in [9.17, 15) is 14.4 Å². The van der Waals surface area contributed by atoms with Crippen molar-refractivity contribution in [3.63, 3.8) is 0 Å². The molecular formula is C18H18ClN3O3. The highest BCUT2D eigenvalue weighted by atomic mass is 35.5. The molecule has 1 atom stereocenters. The van der Waals surface area contributed by atoms with E-state index in [1.165, 1.54) is 0 Å². The van der Waals surface area contributed by atoms with Gasteiger partial charge in [-0.25, -0.2) is 0 Å². The first-order valence-corrected chi connectivity index (χ1v) is 8.00. The second-order valence-electron chi connectivity index (χ2n) is 5.40. The summed E-state index contributed by atoms with van der Waals surface area (Å²) in [6.07, 6.45) is 0.241. The molecule has 0 radical (unpaired) electrons. The number of nitrogens with one attached hydrogen (secondary N) is 2. The van der Waals surface area contributed by atoms with Crippen molar-refractivity contribution in [2.45, 2.75) is 12.5 Å². The minimum absolute atomic E-state index is 0.241. The quantitative estimate of drug-likeness (QED) is 0.694. The monoisotopic (exact) mass is 359 g/mol. The van der Waals surface area contributed by atoms with Crippen molar-refractivity contribution in [1.29, 1.82) is 0 Å². The molecule has 0 aliphatic heterocycles. The van der Waals surface area contributed by atoms with Crippen LogP contribution in [0.1, 0.15) is 15.9 Å². The molecule has 4 N–H and O–H groups in total. The van der Waals surface area contributed by atoms with Gasteiger partial charge >= 0.3 is 0 Å². The van der Waals surface area contributed by atoms with Gasteiger partial charge in [-0.2, -0.15) is 0 Å². The molecule has 0 aliphatic carbocycles. The van der Waals surface area contributed by atoms with Crippen LogP contribution in [-0.2, 0) is 16.0 Å². The zero-order valence-corrected chi connectivity index (χ0v) is 14.1. The van der Waals surface area contributed by atoms with Gasteiger partial charge in [0, 0.05) is 17.0 Å². The number of nitrogens with two attached hydrogens (primary N) is 1. The minimum atomic E-state index is -0.873. The summed E-state index contributed by atoms with van der Waals surface area (Å²) in [7, 11) is 0. The van der Waals surface area contributed by atoms with Crippen molar-refractivity contribution in [3.05, 3.63) is 70.7 Å². The van der Waals surface area contributed by atoms with E-state index in [1.54, 1.807) is 54.6 Å². The van der Waals surface area contributed by atoms with E-state index in [1.807, 2.05) is 0 Å². The second-order valence-corrected chi connectivity index (χ2v) is 5.84.